The molecule has 0 bridgehead atoms. The molecule has 1 heterocycles. The highest BCUT2D eigenvalue weighted by Gasteiger charge is 2.05. The highest BCUT2D eigenvalue weighted by molar-refractivity contribution is 7.10. The molecule has 0 aliphatic heterocycles. The average molecular weight is 286 g/mol. The molecule has 1 aromatic carbocycles. The van der Waals surface area contributed by atoms with E-state index in [-0.39, 0.29) is 0 Å². The van der Waals surface area contributed by atoms with Crippen molar-refractivity contribution in [2.45, 2.75) is 26.8 Å². The van der Waals surface area contributed by atoms with Crippen LogP contribution in [-0.2, 0) is 6.54 Å². The van der Waals surface area contributed by atoms with Gasteiger partial charge in [0.15, 0.2) is 0 Å². The molecule has 4 heteroatoms. The van der Waals surface area contributed by atoms with Crippen molar-refractivity contribution in [2.75, 3.05) is 11.9 Å². The fraction of sp³-hybridized carbons (Fsp3) is 0.312. The molecule has 0 unspecified atom stereocenters. The molecule has 2 aromatic rings. The predicted octanol–water partition coefficient (Wildman–Crippen LogP) is 4.33. The van der Waals surface area contributed by atoms with E-state index in [9.17, 15) is 0 Å². The minimum absolute atomic E-state index is 0.706. The molecule has 20 heavy (non-hydrogen) atoms. The van der Waals surface area contributed by atoms with Crippen LogP contribution in [0, 0.1) is 18.3 Å². The zero-order valence-electron chi connectivity index (χ0n) is 11.8. The number of rotatable bonds is 6. The van der Waals surface area contributed by atoms with Crippen LogP contribution in [-0.4, -0.2) is 6.61 Å². The lowest BCUT2D eigenvalue weighted by Crippen LogP contribution is -2.03. The van der Waals surface area contributed by atoms with E-state index in [1.165, 1.54) is 5.56 Å². The van der Waals surface area contributed by atoms with Crippen LogP contribution in [0.4, 0.5) is 5.69 Å². The van der Waals surface area contributed by atoms with E-state index in [2.05, 4.69) is 31.3 Å². The summed E-state index contributed by atoms with van der Waals surface area (Å²) in [6.45, 7) is 5.58. The maximum Gasteiger partial charge on any atom is 0.142 e. The van der Waals surface area contributed by atoms with Crippen molar-refractivity contribution in [1.29, 1.82) is 5.26 Å². The molecule has 104 valence electrons. The largest absolute Gasteiger partial charge is 0.491 e. The summed E-state index contributed by atoms with van der Waals surface area (Å²) in [6, 6.07) is 10.2. The Labute approximate surface area is 123 Å². The van der Waals surface area contributed by atoms with E-state index < -0.39 is 0 Å². The zero-order chi connectivity index (χ0) is 14.4. The van der Waals surface area contributed by atoms with Crippen LogP contribution in [0.25, 0.3) is 0 Å². The second kappa shape index (κ2) is 6.97. The third-order valence-electron chi connectivity index (χ3n) is 2.83. The Morgan fingerprint density at radius 3 is 2.90 bits per heavy atom. The van der Waals surface area contributed by atoms with E-state index in [0.717, 1.165) is 34.9 Å². The third-order valence-corrected chi connectivity index (χ3v) is 3.77. The van der Waals surface area contributed by atoms with E-state index in [0.29, 0.717) is 6.54 Å². The fourth-order valence-electron chi connectivity index (χ4n) is 1.82. The molecule has 0 amide bonds. The number of nitriles is 1. The Morgan fingerprint density at radius 1 is 1.35 bits per heavy atom. The van der Waals surface area contributed by atoms with Crippen molar-refractivity contribution in [1.82, 2.24) is 0 Å². The zero-order valence-corrected chi connectivity index (χ0v) is 12.6. The molecule has 0 aliphatic rings. The van der Waals surface area contributed by atoms with Gasteiger partial charge in [-0.25, -0.2) is 0 Å². The second-order valence-electron chi connectivity index (χ2n) is 4.62. The number of benzene rings is 1. The number of ether oxygens (including phenoxy) is 1. The lowest BCUT2D eigenvalue weighted by atomic mass is 10.2. The third kappa shape index (κ3) is 3.75. The first-order valence-electron chi connectivity index (χ1n) is 6.67. The normalized spacial score (nSPS) is 10.1. The number of nitrogens with zero attached hydrogens (tertiary/aromatic N) is 1. The Hall–Kier alpha value is -1.99. The van der Waals surface area contributed by atoms with Crippen LogP contribution in [0.5, 0.6) is 5.75 Å². The van der Waals surface area contributed by atoms with Gasteiger partial charge in [-0.1, -0.05) is 13.0 Å². The first-order valence-corrected chi connectivity index (χ1v) is 7.55. The van der Waals surface area contributed by atoms with Crippen molar-refractivity contribution in [3.63, 3.8) is 0 Å². The Balaban J connectivity index is 2.06. The maximum absolute atomic E-state index is 8.82. The maximum atomic E-state index is 8.82. The van der Waals surface area contributed by atoms with E-state index in [1.807, 2.05) is 23.6 Å². The summed E-state index contributed by atoms with van der Waals surface area (Å²) in [6.07, 6.45) is 0.990. The Bertz CT molecular complexity index is 613. The van der Waals surface area contributed by atoms with Crippen molar-refractivity contribution < 1.29 is 4.74 Å². The molecule has 3 nitrogen and oxygen atoms in total. The molecule has 1 aromatic heterocycles. The summed E-state index contributed by atoms with van der Waals surface area (Å²) < 4.78 is 5.77. The van der Waals surface area contributed by atoms with E-state index in [1.54, 1.807) is 11.3 Å². The van der Waals surface area contributed by atoms with Gasteiger partial charge in [-0.2, -0.15) is 5.26 Å². The van der Waals surface area contributed by atoms with Gasteiger partial charge in [0, 0.05) is 16.8 Å². The van der Waals surface area contributed by atoms with Crippen LogP contribution in [0.3, 0.4) is 0 Å². The minimum Gasteiger partial charge on any atom is -0.491 e. The van der Waals surface area contributed by atoms with Gasteiger partial charge in [-0.3, -0.25) is 0 Å². The lowest BCUT2D eigenvalue weighted by molar-refractivity contribution is 0.318. The molecule has 0 aliphatic carbocycles. The number of anilines is 1. The predicted molar refractivity (Wildman–Crippen MR) is 83.3 cm³/mol. The highest BCUT2D eigenvalue weighted by atomic mass is 32.1. The van der Waals surface area contributed by atoms with Crippen LogP contribution < -0.4 is 10.1 Å². The first-order chi connectivity index (χ1) is 9.72. The minimum atomic E-state index is 0.706. The van der Waals surface area contributed by atoms with Gasteiger partial charge >= 0.3 is 0 Å². The molecule has 0 spiro atoms. The van der Waals surface area contributed by atoms with Crippen LogP contribution in [0.15, 0.2) is 29.6 Å². The number of hydrogen-bond acceptors (Lipinski definition) is 4. The SMILES string of the molecule is CCCOc1cc(C)ccc1NCc1cc(C#N)cs1. The lowest BCUT2D eigenvalue weighted by Gasteiger charge is -2.13. The standard InChI is InChI=1S/C16H18N2OS/c1-3-6-19-16-7-12(2)4-5-15(16)18-10-14-8-13(9-17)11-20-14/h4-5,7-8,11,18H,3,6,10H2,1-2H3. The van der Waals surface area contributed by atoms with Crippen molar-refractivity contribution in [2.24, 2.45) is 0 Å². The van der Waals surface area contributed by atoms with Gasteiger partial charge in [0.25, 0.3) is 0 Å². The molecular formula is C16H18N2OS. The summed E-state index contributed by atoms with van der Waals surface area (Å²) >= 11 is 1.59. The molecule has 0 saturated carbocycles. The van der Waals surface area contributed by atoms with Gasteiger partial charge < -0.3 is 10.1 Å². The summed E-state index contributed by atoms with van der Waals surface area (Å²) in [5, 5.41) is 14.1. The van der Waals surface area contributed by atoms with Gasteiger partial charge in [0.2, 0.25) is 0 Å². The molecule has 2 rings (SSSR count). The Morgan fingerprint density at radius 2 is 2.20 bits per heavy atom. The smallest absolute Gasteiger partial charge is 0.142 e. The van der Waals surface area contributed by atoms with Gasteiger partial charge in [0.05, 0.1) is 17.9 Å². The van der Waals surface area contributed by atoms with E-state index in [4.69, 9.17) is 10.00 Å². The Kier molecular flexibility index (Phi) is 5.03. The molecular weight excluding hydrogens is 268 g/mol. The quantitative estimate of drug-likeness (QED) is 0.859. The van der Waals surface area contributed by atoms with Gasteiger partial charge in [-0.05, 0) is 37.1 Å². The summed E-state index contributed by atoms with van der Waals surface area (Å²) in [7, 11) is 0. The van der Waals surface area contributed by atoms with Crippen LogP contribution >= 0.6 is 11.3 Å². The van der Waals surface area contributed by atoms with Crippen LogP contribution in [0.1, 0.15) is 29.3 Å². The molecule has 0 atom stereocenters. The summed E-state index contributed by atoms with van der Waals surface area (Å²) in [5.41, 5.74) is 2.90. The summed E-state index contributed by atoms with van der Waals surface area (Å²) in [4.78, 5) is 1.14. The second-order valence-corrected chi connectivity index (χ2v) is 5.61. The van der Waals surface area contributed by atoms with Crippen molar-refractivity contribution in [3.05, 3.63) is 45.6 Å². The van der Waals surface area contributed by atoms with Gasteiger partial charge in [-0.15, -0.1) is 11.3 Å². The number of thiophene rings is 1. The van der Waals surface area contributed by atoms with Crippen LogP contribution in [0.2, 0.25) is 0 Å². The molecule has 0 fully saturated rings. The van der Waals surface area contributed by atoms with E-state index >= 15 is 0 Å². The van der Waals surface area contributed by atoms with Crippen molar-refractivity contribution in [3.8, 4) is 11.8 Å². The first kappa shape index (κ1) is 14.4. The summed E-state index contributed by atoms with van der Waals surface area (Å²) in [5.74, 6) is 0.893. The van der Waals surface area contributed by atoms with Gasteiger partial charge in [0.1, 0.15) is 11.8 Å². The van der Waals surface area contributed by atoms with Crippen molar-refractivity contribution >= 4 is 17.0 Å². The molecule has 1 N–H and O–H groups in total. The topological polar surface area (TPSA) is 45.0 Å². The number of aryl methyl sites for hydroxylation is 1. The molecule has 0 radical (unpaired) electrons. The highest BCUT2D eigenvalue weighted by Crippen LogP contribution is 2.27. The molecule has 0 saturated heterocycles. The monoisotopic (exact) mass is 286 g/mol. The number of nitrogens with one attached hydrogen (secondary N) is 1. The number of hydrogen-bond donors (Lipinski definition) is 1. The average Bonchev–Trinajstić information content (AvgIpc) is 2.92. The fourth-order valence-corrected chi connectivity index (χ4v) is 2.57.